The van der Waals surface area contributed by atoms with Crippen LogP contribution < -0.4 is 0 Å². The van der Waals surface area contributed by atoms with E-state index in [4.69, 9.17) is 4.74 Å². The molecule has 0 aromatic heterocycles. The number of rotatable bonds is 3. The maximum absolute atomic E-state index is 5.70. The molecular formula is C13H22BrNO. The molecule has 3 heteroatoms. The van der Waals surface area contributed by atoms with Crippen molar-refractivity contribution < 1.29 is 4.74 Å². The van der Waals surface area contributed by atoms with E-state index in [0.717, 1.165) is 42.8 Å². The van der Waals surface area contributed by atoms with Crippen LogP contribution in [0, 0.1) is 17.8 Å². The molecule has 2 nitrogen and oxygen atoms in total. The predicted octanol–water partition coefficient (Wildman–Crippen LogP) is 2.52. The van der Waals surface area contributed by atoms with E-state index in [1.807, 2.05) is 0 Å². The predicted molar refractivity (Wildman–Crippen MR) is 68.9 cm³/mol. The Morgan fingerprint density at radius 3 is 2.88 bits per heavy atom. The van der Waals surface area contributed by atoms with Crippen LogP contribution in [0.3, 0.4) is 0 Å². The molecular weight excluding hydrogens is 266 g/mol. The van der Waals surface area contributed by atoms with E-state index < -0.39 is 0 Å². The number of alkyl halides is 1. The second-order valence-corrected chi connectivity index (χ2v) is 6.49. The van der Waals surface area contributed by atoms with Gasteiger partial charge >= 0.3 is 0 Å². The van der Waals surface area contributed by atoms with Crippen molar-refractivity contribution in [1.82, 2.24) is 4.90 Å². The SMILES string of the molecule is BrCC1CN(CC2CC3CCC2C3)CCO1. The summed E-state index contributed by atoms with van der Waals surface area (Å²) in [5, 5.41) is 0.986. The van der Waals surface area contributed by atoms with Crippen LogP contribution in [0.1, 0.15) is 25.7 Å². The molecule has 0 spiro atoms. The lowest BCUT2D eigenvalue weighted by Gasteiger charge is -2.35. The van der Waals surface area contributed by atoms with Gasteiger partial charge in [-0.1, -0.05) is 22.4 Å². The molecule has 0 radical (unpaired) electrons. The van der Waals surface area contributed by atoms with Crippen molar-refractivity contribution in [3.63, 3.8) is 0 Å². The normalized spacial score (nSPS) is 44.1. The molecule has 3 fully saturated rings. The molecule has 3 rings (SSSR count). The third kappa shape index (κ3) is 2.32. The number of hydrogen-bond donors (Lipinski definition) is 0. The van der Waals surface area contributed by atoms with Crippen molar-refractivity contribution in [1.29, 1.82) is 0 Å². The minimum Gasteiger partial charge on any atom is -0.375 e. The van der Waals surface area contributed by atoms with Gasteiger partial charge in [-0.15, -0.1) is 0 Å². The van der Waals surface area contributed by atoms with E-state index in [-0.39, 0.29) is 0 Å². The second-order valence-electron chi connectivity index (χ2n) is 5.84. The van der Waals surface area contributed by atoms with Crippen LogP contribution in [0.4, 0.5) is 0 Å². The number of nitrogens with zero attached hydrogens (tertiary/aromatic N) is 1. The molecule has 4 unspecified atom stereocenters. The van der Waals surface area contributed by atoms with Crippen molar-refractivity contribution in [3.05, 3.63) is 0 Å². The first-order chi connectivity index (χ1) is 7.85. The highest BCUT2D eigenvalue weighted by atomic mass is 79.9. The maximum Gasteiger partial charge on any atom is 0.0799 e. The van der Waals surface area contributed by atoms with Crippen LogP contribution in [0.25, 0.3) is 0 Å². The molecule has 16 heavy (non-hydrogen) atoms. The van der Waals surface area contributed by atoms with Crippen LogP contribution in [0.5, 0.6) is 0 Å². The van der Waals surface area contributed by atoms with E-state index in [9.17, 15) is 0 Å². The van der Waals surface area contributed by atoms with Crippen molar-refractivity contribution in [2.45, 2.75) is 31.8 Å². The monoisotopic (exact) mass is 287 g/mol. The zero-order valence-electron chi connectivity index (χ0n) is 9.91. The first-order valence-corrected chi connectivity index (χ1v) is 7.87. The Kier molecular flexibility index (Phi) is 3.55. The van der Waals surface area contributed by atoms with E-state index in [1.165, 1.54) is 32.2 Å². The van der Waals surface area contributed by atoms with Gasteiger partial charge in [-0.2, -0.15) is 0 Å². The third-order valence-corrected chi connectivity index (χ3v) is 5.49. The van der Waals surface area contributed by atoms with E-state index in [1.54, 1.807) is 0 Å². The number of hydrogen-bond acceptors (Lipinski definition) is 2. The van der Waals surface area contributed by atoms with Gasteiger partial charge < -0.3 is 4.74 Å². The smallest absolute Gasteiger partial charge is 0.0799 e. The van der Waals surface area contributed by atoms with Crippen molar-refractivity contribution in [2.24, 2.45) is 17.8 Å². The summed E-state index contributed by atoms with van der Waals surface area (Å²) in [4.78, 5) is 2.64. The third-order valence-electron chi connectivity index (χ3n) is 4.77. The molecule has 1 saturated heterocycles. The van der Waals surface area contributed by atoms with Crippen LogP contribution in [0.15, 0.2) is 0 Å². The minimum absolute atomic E-state index is 0.423. The summed E-state index contributed by atoms with van der Waals surface area (Å²) in [5.74, 6) is 3.16. The Balaban J connectivity index is 1.51. The lowest BCUT2D eigenvalue weighted by molar-refractivity contribution is -0.0227. The fourth-order valence-electron chi connectivity index (χ4n) is 3.97. The standard InChI is InChI=1S/C13H22BrNO/c14-7-13-9-15(3-4-16-13)8-12-6-10-1-2-11(12)5-10/h10-13H,1-9H2. The lowest BCUT2D eigenvalue weighted by atomic mass is 9.88. The van der Waals surface area contributed by atoms with Crippen molar-refractivity contribution in [2.75, 3.05) is 31.6 Å². The molecule has 0 aromatic rings. The molecule has 1 aliphatic heterocycles. The summed E-state index contributed by atoms with van der Waals surface area (Å²) < 4.78 is 5.70. The molecule has 92 valence electrons. The second kappa shape index (κ2) is 4.95. The van der Waals surface area contributed by atoms with Gasteiger partial charge in [-0.3, -0.25) is 4.90 Å². The highest BCUT2D eigenvalue weighted by Crippen LogP contribution is 2.48. The van der Waals surface area contributed by atoms with Gasteiger partial charge in [0, 0.05) is 25.0 Å². The highest BCUT2D eigenvalue weighted by Gasteiger charge is 2.40. The first kappa shape index (κ1) is 11.5. The molecule has 0 N–H and O–H groups in total. The molecule has 1 heterocycles. The quantitative estimate of drug-likeness (QED) is 0.740. The Morgan fingerprint density at radius 1 is 1.25 bits per heavy atom. The van der Waals surface area contributed by atoms with Crippen LogP contribution in [0.2, 0.25) is 0 Å². The lowest BCUT2D eigenvalue weighted by Crippen LogP contribution is -2.45. The minimum atomic E-state index is 0.423. The first-order valence-electron chi connectivity index (χ1n) is 6.75. The molecule has 3 aliphatic rings. The average molecular weight is 288 g/mol. The Labute approximate surface area is 107 Å². The molecule has 0 aromatic carbocycles. The Hall–Kier alpha value is 0.400. The van der Waals surface area contributed by atoms with Gasteiger partial charge in [-0.25, -0.2) is 0 Å². The zero-order valence-corrected chi connectivity index (χ0v) is 11.5. The molecule has 2 bridgehead atoms. The highest BCUT2D eigenvalue weighted by molar-refractivity contribution is 9.09. The fourth-order valence-corrected chi connectivity index (χ4v) is 4.36. The Bertz CT molecular complexity index is 248. The largest absolute Gasteiger partial charge is 0.375 e. The maximum atomic E-state index is 5.70. The number of morpholine rings is 1. The fraction of sp³-hybridized carbons (Fsp3) is 1.00. The van der Waals surface area contributed by atoms with Gasteiger partial charge in [0.2, 0.25) is 0 Å². The summed E-state index contributed by atoms with van der Waals surface area (Å²) in [6.45, 7) is 4.56. The van der Waals surface area contributed by atoms with Crippen molar-refractivity contribution >= 4 is 15.9 Å². The van der Waals surface area contributed by atoms with Crippen LogP contribution in [-0.2, 0) is 4.74 Å². The Morgan fingerprint density at radius 2 is 2.19 bits per heavy atom. The summed E-state index contributed by atoms with van der Waals surface area (Å²) in [6, 6.07) is 0. The van der Waals surface area contributed by atoms with Gasteiger partial charge in [0.15, 0.2) is 0 Å². The van der Waals surface area contributed by atoms with Crippen LogP contribution in [-0.4, -0.2) is 42.6 Å². The molecule has 0 amide bonds. The van der Waals surface area contributed by atoms with E-state index in [2.05, 4.69) is 20.8 Å². The topological polar surface area (TPSA) is 12.5 Å². The summed E-state index contributed by atoms with van der Waals surface area (Å²) in [7, 11) is 0. The van der Waals surface area contributed by atoms with Gasteiger partial charge in [-0.05, 0) is 37.0 Å². The zero-order chi connectivity index (χ0) is 11.0. The summed E-state index contributed by atoms with van der Waals surface area (Å²) >= 11 is 3.53. The van der Waals surface area contributed by atoms with Gasteiger partial charge in [0.25, 0.3) is 0 Å². The number of ether oxygens (including phenoxy) is 1. The summed E-state index contributed by atoms with van der Waals surface area (Å²) in [6.07, 6.45) is 6.51. The van der Waals surface area contributed by atoms with E-state index >= 15 is 0 Å². The summed E-state index contributed by atoms with van der Waals surface area (Å²) in [5.41, 5.74) is 0. The molecule has 4 atom stereocenters. The van der Waals surface area contributed by atoms with E-state index in [0.29, 0.717) is 6.10 Å². The average Bonchev–Trinajstić information content (AvgIpc) is 2.91. The van der Waals surface area contributed by atoms with Crippen molar-refractivity contribution in [3.8, 4) is 0 Å². The van der Waals surface area contributed by atoms with Gasteiger partial charge in [0.05, 0.1) is 12.7 Å². The molecule has 2 saturated carbocycles. The van der Waals surface area contributed by atoms with Crippen LogP contribution >= 0.6 is 15.9 Å². The molecule has 2 aliphatic carbocycles. The van der Waals surface area contributed by atoms with Gasteiger partial charge in [0.1, 0.15) is 0 Å². The number of halogens is 1. The number of fused-ring (bicyclic) bond motifs is 2.